The lowest BCUT2D eigenvalue weighted by Gasteiger charge is -2.45. The minimum Gasteiger partial charge on any atom is -0.349 e. The van der Waals surface area contributed by atoms with Gasteiger partial charge in [-0.1, -0.05) is 12.5 Å². The number of carbonyl (C=O) groups excluding carboxylic acids is 1. The topological polar surface area (TPSA) is 98.7 Å². The van der Waals surface area contributed by atoms with Crippen molar-refractivity contribution in [1.29, 1.82) is 0 Å². The number of tetrazole rings is 1. The fraction of sp³-hybridized carbons (Fsp3) is 0.529. The van der Waals surface area contributed by atoms with E-state index in [1.807, 2.05) is 24.3 Å². The van der Waals surface area contributed by atoms with Crippen LogP contribution in [-0.2, 0) is 0 Å². The number of nitrogens with two attached hydrogens (primary N) is 1. The molecule has 1 amide bonds. The number of aromatic nitrogens is 4. The van der Waals surface area contributed by atoms with E-state index in [2.05, 4.69) is 20.8 Å². The number of carbonyl (C=O) groups is 1. The Morgan fingerprint density at radius 1 is 1.24 bits per heavy atom. The summed E-state index contributed by atoms with van der Waals surface area (Å²) in [6, 6.07) is 7.91. The maximum absolute atomic E-state index is 12.7. The van der Waals surface area contributed by atoms with Crippen molar-refractivity contribution < 1.29 is 4.79 Å². The maximum atomic E-state index is 12.7. The van der Waals surface area contributed by atoms with Crippen molar-refractivity contribution in [3.05, 3.63) is 36.2 Å². The number of halogens is 1. The van der Waals surface area contributed by atoms with Crippen LogP contribution < -0.4 is 11.1 Å². The Morgan fingerprint density at radius 2 is 2.00 bits per heavy atom. The van der Waals surface area contributed by atoms with E-state index < -0.39 is 0 Å². The van der Waals surface area contributed by atoms with Crippen molar-refractivity contribution in [2.75, 3.05) is 0 Å². The highest BCUT2D eigenvalue weighted by Crippen LogP contribution is 2.39. The molecule has 4 rings (SSSR count). The van der Waals surface area contributed by atoms with Gasteiger partial charge in [0.15, 0.2) is 0 Å². The normalized spacial score (nSPS) is 28.0. The molecular weight excluding hydrogens is 340 g/mol. The number of hydrogen-bond donors (Lipinski definition) is 2. The van der Waals surface area contributed by atoms with Gasteiger partial charge in [0.1, 0.15) is 6.33 Å². The summed E-state index contributed by atoms with van der Waals surface area (Å²) in [6.07, 6.45) is 7.14. The molecule has 0 saturated heterocycles. The monoisotopic (exact) mass is 362 g/mol. The zero-order valence-electron chi connectivity index (χ0n) is 13.9. The third-order valence-electron chi connectivity index (χ3n) is 5.40. The second-order valence-electron chi connectivity index (χ2n) is 6.99. The lowest BCUT2D eigenvalue weighted by atomic mass is 9.67. The Bertz CT molecular complexity index is 708. The Kier molecular flexibility index (Phi) is 5.34. The smallest absolute Gasteiger partial charge is 0.251 e. The standard InChI is InChI=1S/C17H22N6O.ClH/c18-14-7-11-3-1-4-12(8-14)16(11)20-17(24)13-5-2-6-15(9-13)23-10-19-21-22-23;/h2,5-6,9-12,14,16H,1,3-4,7-8,18H2,(H,20,24);1H. The van der Waals surface area contributed by atoms with E-state index in [1.165, 1.54) is 25.6 Å². The molecule has 0 aliphatic heterocycles. The van der Waals surface area contributed by atoms with Crippen molar-refractivity contribution >= 4 is 18.3 Å². The lowest BCUT2D eigenvalue weighted by molar-refractivity contribution is 0.0756. The van der Waals surface area contributed by atoms with Crippen LogP contribution in [0.5, 0.6) is 0 Å². The van der Waals surface area contributed by atoms with Gasteiger partial charge in [-0.2, -0.15) is 0 Å². The summed E-state index contributed by atoms with van der Waals surface area (Å²) in [7, 11) is 0. The highest BCUT2D eigenvalue weighted by Gasteiger charge is 2.39. The summed E-state index contributed by atoms with van der Waals surface area (Å²) in [5, 5.41) is 14.4. The Hall–Kier alpha value is -1.99. The Balaban J connectivity index is 0.00000182. The fourth-order valence-electron chi connectivity index (χ4n) is 4.33. The van der Waals surface area contributed by atoms with E-state index in [0.29, 0.717) is 17.4 Å². The van der Waals surface area contributed by atoms with E-state index in [-0.39, 0.29) is 30.4 Å². The van der Waals surface area contributed by atoms with Crippen molar-refractivity contribution in [2.24, 2.45) is 17.6 Å². The van der Waals surface area contributed by atoms with E-state index in [1.54, 1.807) is 4.68 Å². The number of benzene rings is 1. The van der Waals surface area contributed by atoms with Gasteiger partial charge in [-0.3, -0.25) is 4.79 Å². The molecular formula is C17H23ClN6O. The van der Waals surface area contributed by atoms with Gasteiger partial charge in [0, 0.05) is 17.6 Å². The predicted molar refractivity (Wildman–Crippen MR) is 95.7 cm³/mol. The predicted octanol–water partition coefficient (Wildman–Crippen LogP) is 1.72. The number of rotatable bonds is 3. The molecule has 134 valence electrons. The largest absolute Gasteiger partial charge is 0.349 e. The number of hydrogen-bond acceptors (Lipinski definition) is 5. The molecule has 25 heavy (non-hydrogen) atoms. The number of fused-ring (bicyclic) bond motifs is 2. The lowest BCUT2D eigenvalue weighted by Crippen LogP contribution is -2.53. The van der Waals surface area contributed by atoms with Gasteiger partial charge in [0.05, 0.1) is 5.69 Å². The summed E-state index contributed by atoms with van der Waals surface area (Å²) in [5.41, 5.74) is 7.58. The molecule has 2 atom stereocenters. The van der Waals surface area contributed by atoms with Crippen molar-refractivity contribution in [2.45, 2.75) is 44.2 Å². The summed E-state index contributed by atoms with van der Waals surface area (Å²) < 4.78 is 1.55. The first kappa shape index (κ1) is 17.8. The first-order chi connectivity index (χ1) is 11.7. The molecule has 1 aromatic carbocycles. The molecule has 0 spiro atoms. The molecule has 1 heterocycles. The SMILES string of the molecule is Cl.NC1CC2CCCC(C1)C2NC(=O)c1cccc(-n2cnnn2)c1. The molecule has 2 aliphatic carbocycles. The molecule has 1 aromatic heterocycles. The summed E-state index contributed by atoms with van der Waals surface area (Å²) >= 11 is 0. The molecule has 3 N–H and O–H groups in total. The summed E-state index contributed by atoms with van der Waals surface area (Å²) in [6.45, 7) is 0. The zero-order chi connectivity index (χ0) is 16.5. The van der Waals surface area contributed by atoms with E-state index in [4.69, 9.17) is 5.73 Å². The Morgan fingerprint density at radius 3 is 2.68 bits per heavy atom. The van der Waals surface area contributed by atoms with Crippen LogP contribution in [0, 0.1) is 11.8 Å². The molecule has 8 heteroatoms. The number of amides is 1. The van der Waals surface area contributed by atoms with Gasteiger partial charge >= 0.3 is 0 Å². The first-order valence-electron chi connectivity index (χ1n) is 8.60. The highest BCUT2D eigenvalue weighted by molar-refractivity contribution is 5.95. The minimum atomic E-state index is -0.0257. The molecule has 2 aliphatic rings. The molecule has 2 bridgehead atoms. The molecule has 2 saturated carbocycles. The van der Waals surface area contributed by atoms with Crippen LogP contribution in [0.25, 0.3) is 5.69 Å². The van der Waals surface area contributed by atoms with Crippen LogP contribution in [0.1, 0.15) is 42.5 Å². The average Bonchev–Trinajstić information content (AvgIpc) is 3.10. The highest BCUT2D eigenvalue weighted by atomic mass is 35.5. The average molecular weight is 363 g/mol. The van der Waals surface area contributed by atoms with E-state index >= 15 is 0 Å². The molecule has 0 radical (unpaired) electrons. The van der Waals surface area contributed by atoms with Crippen LogP contribution in [-0.4, -0.2) is 38.2 Å². The van der Waals surface area contributed by atoms with Gasteiger partial charge in [-0.05, 0) is 66.1 Å². The second-order valence-corrected chi connectivity index (χ2v) is 6.99. The minimum absolute atomic E-state index is 0. The van der Waals surface area contributed by atoms with Crippen LogP contribution in [0.4, 0.5) is 0 Å². The van der Waals surface area contributed by atoms with Crippen LogP contribution in [0.3, 0.4) is 0 Å². The third-order valence-corrected chi connectivity index (χ3v) is 5.40. The third kappa shape index (κ3) is 3.67. The zero-order valence-corrected chi connectivity index (χ0v) is 14.7. The fourth-order valence-corrected chi connectivity index (χ4v) is 4.33. The Labute approximate surface area is 152 Å². The van der Waals surface area contributed by atoms with E-state index in [0.717, 1.165) is 18.5 Å². The van der Waals surface area contributed by atoms with Crippen LogP contribution >= 0.6 is 12.4 Å². The molecule has 2 aromatic rings. The number of nitrogens with zero attached hydrogens (tertiary/aromatic N) is 4. The second kappa shape index (κ2) is 7.49. The quantitative estimate of drug-likeness (QED) is 0.866. The molecule has 2 unspecified atom stereocenters. The van der Waals surface area contributed by atoms with E-state index in [9.17, 15) is 4.79 Å². The van der Waals surface area contributed by atoms with Gasteiger partial charge < -0.3 is 11.1 Å². The van der Waals surface area contributed by atoms with Gasteiger partial charge in [-0.15, -0.1) is 17.5 Å². The van der Waals surface area contributed by atoms with Crippen LogP contribution in [0.15, 0.2) is 30.6 Å². The molecule has 2 fully saturated rings. The van der Waals surface area contributed by atoms with Gasteiger partial charge in [0.25, 0.3) is 5.91 Å². The number of nitrogens with one attached hydrogen (secondary N) is 1. The van der Waals surface area contributed by atoms with Crippen molar-refractivity contribution in [1.82, 2.24) is 25.5 Å². The maximum Gasteiger partial charge on any atom is 0.251 e. The van der Waals surface area contributed by atoms with Crippen molar-refractivity contribution in [3.63, 3.8) is 0 Å². The van der Waals surface area contributed by atoms with Gasteiger partial charge in [0.2, 0.25) is 0 Å². The van der Waals surface area contributed by atoms with Crippen LogP contribution in [0.2, 0.25) is 0 Å². The molecule has 7 nitrogen and oxygen atoms in total. The summed E-state index contributed by atoms with van der Waals surface area (Å²) in [5.74, 6) is 1.00. The summed E-state index contributed by atoms with van der Waals surface area (Å²) in [4.78, 5) is 12.7. The van der Waals surface area contributed by atoms with Gasteiger partial charge in [-0.25, -0.2) is 4.68 Å². The van der Waals surface area contributed by atoms with Crippen molar-refractivity contribution in [3.8, 4) is 5.69 Å². The first-order valence-corrected chi connectivity index (χ1v) is 8.60.